The summed E-state index contributed by atoms with van der Waals surface area (Å²) >= 11 is 6.01. The first kappa shape index (κ1) is 17.4. The fraction of sp³-hybridized carbons (Fsp3) is 0.0952. The molecular weight excluding hydrogens is 365 g/mol. The normalized spacial score (nSPS) is 11.5. The van der Waals surface area contributed by atoms with Gasteiger partial charge in [0.1, 0.15) is 5.82 Å². The van der Waals surface area contributed by atoms with Gasteiger partial charge < -0.3 is 4.42 Å². The molecule has 2 aromatic heterocycles. The number of aryl methyl sites for hydroxylation is 1. The molecule has 0 aliphatic rings. The molecule has 0 aliphatic heterocycles. The van der Waals surface area contributed by atoms with Gasteiger partial charge in [-0.2, -0.15) is 0 Å². The van der Waals surface area contributed by atoms with Crippen molar-refractivity contribution in [1.82, 2.24) is 15.2 Å². The van der Waals surface area contributed by atoms with Gasteiger partial charge in [-0.05, 0) is 42.3 Å². The molecule has 2 heterocycles. The van der Waals surface area contributed by atoms with E-state index in [9.17, 15) is 4.39 Å². The Kier molecular flexibility index (Phi) is 4.69. The second-order valence-electron chi connectivity index (χ2n) is 6.15. The lowest BCUT2D eigenvalue weighted by molar-refractivity contribution is 0.497. The number of pyridine rings is 1. The van der Waals surface area contributed by atoms with Crippen LogP contribution in [0.5, 0.6) is 0 Å². The van der Waals surface area contributed by atoms with Gasteiger partial charge in [-0.25, -0.2) is 4.39 Å². The highest BCUT2D eigenvalue weighted by Crippen LogP contribution is 2.21. The van der Waals surface area contributed by atoms with Gasteiger partial charge in [-0.1, -0.05) is 41.9 Å². The topological polar surface area (TPSA) is 51.8 Å². The van der Waals surface area contributed by atoms with Crippen LogP contribution in [0.15, 0.2) is 52.9 Å². The zero-order valence-corrected chi connectivity index (χ0v) is 15.2. The minimum atomic E-state index is -0.379. The van der Waals surface area contributed by atoms with E-state index in [0.29, 0.717) is 28.8 Å². The van der Waals surface area contributed by atoms with Crippen molar-refractivity contribution in [2.75, 3.05) is 0 Å². The fourth-order valence-corrected chi connectivity index (χ4v) is 3.04. The van der Waals surface area contributed by atoms with Crippen LogP contribution in [-0.2, 0) is 6.42 Å². The van der Waals surface area contributed by atoms with Crippen molar-refractivity contribution >= 4 is 34.7 Å². The number of aromatic nitrogens is 3. The van der Waals surface area contributed by atoms with Crippen molar-refractivity contribution in [1.29, 1.82) is 0 Å². The van der Waals surface area contributed by atoms with E-state index in [1.165, 1.54) is 12.1 Å². The molecule has 27 heavy (non-hydrogen) atoms. The minimum absolute atomic E-state index is 0.322. The molecule has 0 amide bonds. The van der Waals surface area contributed by atoms with Crippen LogP contribution in [0.4, 0.5) is 4.39 Å². The van der Waals surface area contributed by atoms with Crippen LogP contribution in [0, 0.1) is 12.7 Å². The Hall–Kier alpha value is -3.05. The number of hydrogen-bond acceptors (Lipinski definition) is 4. The Morgan fingerprint density at radius 3 is 2.81 bits per heavy atom. The van der Waals surface area contributed by atoms with Gasteiger partial charge in [0, 0.05) is 17.2 Å². The van der Waals surface area contributed by atoms with Crippen LogP contribution in [0.2, 0.25) is 5.02 Å². The molecule has 0 saturated carbocycles. The highest BCUT2D eigenvalue weighted by atomic mass is 35.5. The van der Waals surface area contributed by atoms with Crippen molar-refractivity contribution in [2.24, 2.45) is 0 Å². The largest absolute Gasteiger partial charge is 0.421 e. The molecule has 0 bridgehead atoms. The third-order valence-corrected chi connectivity index (χ3v) is 4.46. The summed E-state index contributed by atoms with van der Waals surface area (Å²) < 4.78 is 18.8. The molecule has 0 N–H and O–H groups in total. The summed E-state index contributed by atoms with van der Waals surface area (Å²) in [5, 5.41) is 9.53. The van der Waals surface area contributed by atoms with E-state index >= 15 is 0 Å². The van der Waals surface area contributed by atoms with Crippen LogP contribution >= 0.6 is 11.6 Å². The minimum Gasteiger partial charge on any atom is -0.421 e. The summed E-state index contributed by atoms with van der Waals surface area (Å²) in [5.74, 6) is 0.474. The number of hydrogen-bond donors (Lipinski definition) is 0. The van der Waals surface area contributed by atoms with E-state index in [-0.39, 0.29) is 5.82 Å². The molecule has 0 saturated heterocycles. The molecular formula is C21H15ClFN3O. The number of nitrogens with zero attached hydrogens (tertiary/aromatic N) is 3. The molecule has 0 radical (unpaired) electrons. The summed E-state index contributed by atoms with van der Waals surface area (Å²) in [7, 11) is 0. The predicted octanol–water partition coefficient (Wildman–Crippen LogP) is 5.48. The lowest BCUT2D eigenvalue weighted by Crippen LogP contribution is -1.93. The van der Waals surface area contributed by atoms with Crippen LogP contribution in [0.3, 0.4) is 0 Å². The summed E-state index contributed by atoms with van der Waals surface area (Å²) in [6.07, 6.45) is 3.86. The van der Waals surface area contributed by atoms with Crippen molar-refractivity contribution in [3.05, 3.63) is 88.0 Å². The molecule has 2 aromatic carbocycles. The Bertz CT molecular complexity index is 1150. The second-order valence-corrected chi connectivity index (χ2v) is 6.56. The second kappa shape index (κ2) is 7.29. The molecule has 0 fully saturated rings. The Morgan fingerprint density at radius 2 is 1.96 bits per heavy atom. The maximum atomic E-state index is 13.1. The first-order valence-electron chi connectivity index (χ1n) is 8.39. The molecule has 0 aliphatic carbocycles. The molecule has 4 nitrogen and oxygen atoms in total. The van der Waals surface area contributed by atoms with Crippen molar-refractivity contribution in [3.8, 4) is 0 Å². The van der Waals surface area contributed by atoms with Crippen molar-refractivity contribution in [3.63, 3.8) is 0 Å². The molecule has 6 heteroatoms. The number of para-hydroxylation sites is 1. The van der Waals surface area contributed by atoms with Crippen LogP contribution in [0.1, 0.15) is 28.6 Å². The van der Waals surface area contributed by atoms with Crippen LogP contribution in [0.25, 0.3) is 23.1 Å². The SMILES string of the molecule is Cc1ccc2cccc(Cc3nnc(/C=C/c4ccc(F)cc4Cl)o3)c2n1. The maximum Gasteiger partial charge on any atom is 0.240 e. The van der Waals surface area contributed by atoms with Gasteiger partial charge in [-0.15, -0.1) is 10.2 Å². The van der Waals surface area contributed by atoms with Gasteiger partial charge in [0.2, 0.25) is 11.8 Å². The van der Waals surface area contributed by atoms with Gasteiger partial charge >= 0.3 is 0 Å². The summed E-state index contributed by atoms with van der Waals surface area (Å²) in [6.45, 7) is 1.96. The average Bonchev–Trinajstić information content (AvgIpc) is 3.09. The summed E-state index contributed by atoms with van der Waals surface area (Å²) in [5.41, 5.74) is 3.59. The van der Waals surface area contributed by atoms with Crippen LogP contribution in [-0.4, -0.2) is 15.2 Å². The monoisotopic (exact) mass is 379 g/mol. The van der Waals surface area contributed by atoms with E-state index in [1.807, 2.05) is 31.2 Å². The third-order valence-electron chi connectivity index (χ3n) is 4.14. The fourth-order valence-electron chi connectivity index (χ4n) is 2.81. The number of halogens is 2. The lowest BCUT2D eigenvalue weighted by atomic mass is 10.1. The molecule has 4 aromatic rings. The third kappa shape index (κ3) is 3.88. The van der Waals surface area contributed by atoms with Gasteiger partial charge in [0.25, 0.3) is 0 Å². The maximum absolute atomic E-state index is 13.1. The quantitative estimate of drug-likeness (QED) is 0.471. The highest BCUT2D eigenvalue weighted by Gasteiger charge is 2.09. The molecule has 0 unspecified atom stereocenters. The summed E-state index contributed by atoms with van der Waals surface area (Å²) in [6, 6.07) is 14.3. The molecule has 0 atom stereocenters. The molecule has 0 spiro atoms. The number of benzene rings is 2. The lowest BCUT2D eigenvalue weighted by Gasteiger charge is -2.04. The van der Waals surface area contributed by atoms with E-state index in [2.05, 4.69) is 21.2 Å². The van der Waals surface area contributed by atoms with Gasteiger partial charge in [-0.3, -0.25) is 4.98 Å². The zero-order chi connectivity index (χ0) is 18.8. The van der Waals surface area contributed by atoms with E-state index in [1.54, 1.807) is 18.2 Å². The summed E-state index contributed by atoms with van der Waals surface area (Å²) in [4.78, 5) is 4.62. The smallest absolute Gasteiger partial charge is 0.240 e. The molecule has 134 valence electrons. The Balaban J connectivity index is 1.57. The van der Waals surface area contributed by atoms with Crippen LogP contribution < -0.4 is 0 Å². The Labute approximate surface area is 160 Å². The first-order chi connectivity index (χ1) is 13.1. The molecule has 4 rings (SSSR count). The predicted molar refractivity (Wildman–Crippen MR) is 104 cm³/mol. The average molecular weight is 380 g/mol. The highest BCUT2D eigenvalue weighted by molar-refractivity contribution is 6.32. The van der Waals surface area contributed by atoms with Crippen molar-refractivity contribution in [2.45, 2.75) is 13.3 Å². The first-order valence-corrected chi connectivity index (χ1v) is 8.77. The van der Waals surface area contributed by atoms with Gasteiger partial charge in [0.05, 0.1) is 17.0 Å². The number of rotatable bonds is 4. The van der Waals surface area contributed by atoms with E-state index < -0.39 is 0 Å². The number of fused-ring (bicyclic) bond motifs is 1. The standard InChI is InChI=1S/C21H15ClFN3O/c1-13-5-6-15-3-2-4-16(21(15)24-13)11-20-26-25-19(27-20)10-8-14-7-9-17(23)12-18(14)22/h2-10,12H,11H2,1H3/b10-8+. The van der Waals surface area contributed by atoms with E-state index in [4.69, 9.17) is 16.0 Å². The Morgan fingerprint density at radius 1 is 1.07 bits per heavy atom. The zero-order valence-electron chi connectivity index (χ0n) is 14.5. The van der Waals surface area contributed by atoms with Crippen molar-refractivity contribution < 1.29 is 8.81 Å². The van der Waals surface area contributed by atoms with Gasteiger partial charge in [0.15, 0.2) is 0 Å². The van der Waals surface area contributed by atoms with E-state index in [0.717, 1.165) is 22.2 Å².